The van der Waals surface area contributed by atoms with Gasteiger partial charge in [0.15, 0.2) is 0 Å². The Morgan fingerprint density at radius 1 is 1.20 bits per heavy atom. The Morgan fingerprint density at radius 2 is 1.95 bits per heavy atom. The number of hydrogen-bond acceptors (Lipinski definition) is 3. The zero-order valence-electron chi connectivity index (χ0n) is 11.0. The highest BCUT2D eigenvalue weighted by Crippen LogP contribution is 2.23. The summed E-state index contributed by atoms with van der Waals surface area (Å²) in [5.74, 6) is -0.246. The van der Waals surface area contributed by atoms with E-state index in [1.54, 1.807) is 33.9 Å². The van der Waals surface area contributed by atoms with Crippen molar-refractivity contribution in [1.29, 1.82) is 0 Å². The van der Waals surface area contributed by atoms with E-state index in [1.807, 2.05) is 13.1 Å². The number of hydrogen-bond donors (Lipinski definition) is 1. The molecule has 0 amide bonds. The number of rotatable bonds is 3. The Kier molecular flexibility index (Phi) is 2.98. The fourth-order valence-electron chi connectivity index (χ4n) is 2.10. The molecule has 0 radical (unpaired) electrons. The Hall–Kier alpha value is -2.63. The number of anilines is 1. The molecule has 20 heavy (non-hydrogen) atoms. The van der Waals surface area contributed by atoms with Crippen LogP contribution in [0, 0.1) is 5.82 Å². The van der Waals surface area contributed by atoms with Crippen molar-refractivity contribution in [2.75, 3.05) is 5.73 Å². The molecule has 0 saturated carbocycles. The maximum absolute atomic E-state index is 12.9. The Morgan fingerprint density at radius 3 is 2.60 bits per heavy atom. The Bertz CT molecular complexity index is 726. The first-order valence-electron chi connectivity index (χ1n) is 6.19. The quantitative estimate of drug-likeness (QED) is 0.793. The van der Waals surface area contributed by atoms with Gasteiger partial charge in [-0.15, -0.1) is 0 Å². The molecule has 3 aromatic rings. The second kappa shape index (κ2) is 4.80. The summed E-state index contributed by atoms with van der Waals surface area (Å²) >= 11 is 0. The molecular formula is C14H14FN5. The topological polar surface area (TPSA) is 61.7 Å². The molecule has 2 N–H and O–H groups in total. The lowest BCUT2D eigenvalue weighted by molar-refractivity contribution is 0.624. The number of nitrogen functional groups attached to an aromatic ring is 1. The van der Waals surface area contributed by atoms with Gasteiger partial charge in [0.1, 0.15) is 11.5 Å². The maximum atomic E-state index is 12.9. The molecule has 2 heterocycles. The maximum Gasteiger partial charge on any atom is 0.133 e. The fraction of sp³-hybridized carbons (Fsp3) is 0.143. The second-order valence-corrected chi connectivity index (χ2v) is 4.60. The van der Waals surface area contributed by atoms with Crippen LogP contribution in [-0.2, 0) is 13.6 Å². The highest BCUT2D eigenvalue weighted by molar-refractivity contribution is 5.69. The van der Waals surface area contributed by atoms with Gasteiger partial charge >= 0.3 is 0 Å². The summed E-state index contributed by atoms with van der Waals surface area (Å²) < 4.78 is 16.3. The zero-order chi connectivity index (χ0) is 14.1. The van der Waals surface area contributed by atoms with E-state index in [0.29, 0.717) is 17.9 Å². The minimum Gasteiger partial charge on any atom is -0.396 e. The third kappa shape index (κ3) is 2.27. The lowest BCUT2D eigenvalue weighted by Gasteiger charge is -2.01. The van der Waals surface area contributed by atoms with Gasteiger partial charge in [-0.25, -0.2) is 4.39 Å². The van der Waals surface area contributed by atoms with E-state index in [-0.39, 0.29) is 5.82 Å². The van der Waals surface area contributed by atoms with Crippen LogP contribution in [0.5, 0.6) is 0 Å². The third-order valence-electron chi connectivity index (χ3n) is 3.11. The van der Waals surface area contributed by atoms with Crippen LogP contribution in [0.4, 0.5) is 10.1 Å². The van der Waals surface area contributed by atoms with Crippen molar-refractivity contribution in [2.45, 2.75) is 6.54 Å². The number of aromatic nitrogens is 4. The molecule has 0 spiro atoms. The van der Waals surface area contributed by atoms with Gasteiger partial charge in [-0.1, -0.05) is 12.1 Å². The van der Waals surface area contributed by atoms with E-state index < -0.39 is 0 Å². The predicted octanol–water partition coefficient (Wildman–Crippen LogP) is 2.05. The smallest absolute Gasteiger partial charge is 0.133 e. The lowest BCUT2D eigenvalue weighted by Crippen LogP contribution is -2.01. The van der Waals surface area contributed by atoms with Crippen molar-refractivity contribution >= 4 is 5.69 Å². The molecule has 0 aliphatic rings. The Labute approximate surface area is 115 Å². The van der Waals surface area contributed by atoms with Crippen molar-refractivity contribution in [1.82, 2.24) is 19.6 Å². The van der Waals surface area contributed by atoms with Gasteiger partial charge in [-0.05, 0) is 23.8 Å². The number of benzene rings is 1. The highest BCUT2D eigenvalue weighted by atomic mass is 19.1. The predicted molar refractivity (Wildman–Crippen MR) is 74.3 cm³/mol. The SMILES string of the molecule is Cn1nccc1-c1nn(Cc2ccc(F)cc2)cc1N. The molecule has 2 aromatic heterocycles. The van der Waals surface area contributed by atoms with Crippen LogP contribution in [-0.4, -0.2) is 19.6 Å². The first kappa shape index (κ1) is 12.4. The minimum absolute atomic E-state index is 0.246. The number of halogens is 1. The molecule has 3 rings (SSSR count). The molecule has 102 valence electrons. The molecule has 6 heteroatoms. The molecule has 0 saturated heterocycles. The summed E-state index contributed by atoms with van der Waals surface area (Å²) in [5.41, 5.74) is 9.11. The normalized spacial score (nSPS) is 10.9. The van der Waals surface area contributed by atoms with Crippen molar-refractivity contribution in [2.24, 2.45) is 7.05 Å². The van der Waals surface area contributed by atoms with Crippen molar-refractivity contribution < 1.29 is 4.39 Å². The molecule has 0 atom stereocenters. The third-order valence-corrected chi connectivity index (χ3v) is 3.11. The summed E-state index contributed by atoms with van der Waals surface area (Å²) in [6.45, 7) is 0.544. The average molecular weight is 271 g/mol. The summed E-state index contributed by atoms with van der Waals surface area (Å²) in [7, 11) is 1.84. The van der Waals surface area contributed by atoms with Gasteiger partial charge in [-0.3, -0.25) is 9.36 Å². The van der Waals surface area contributed by atoms with Crippen LogP contribution in [0.25, 0.3) is 11.4 Å². The zero-order valence-corrected chi connectivity index (χ0v) is 11.0. The van der Waals surface area contributed by atoms with Crippen LogP contribution < -0.4 is 5.73 Å². The van der Waals surface area contributed by atoms with Crippen molar-refractivity contribution in [3.8, 4) is 11.4 Å². The monoisotopic (exact) mass is 271 g/mol. The summed E-state index contributed by atoms with van der Waals surface area (Å²) in [4.78, 5) is 0. The first-order valence-corrected chi connectivity index (χ1v) is 6.19. The van der Waals surface area contributed by atoms with Gasteiger partial charge in [0.25, 0.3) is 0 Å². The standard InChI is InChI=1S/C14H14FN5/c1-19-13(6-7-17-19)14-12(16)9-20(18-14)8-10-2-4-11(15)5-3-10/h2-7,9H,8,16H2,1H3. The molecule has 0 aliphatic heterocycles. The Balaban J connectivity index is 1.89. The van der Waals surface area contributed by atoms with E-state index in [1.165, 1.54) is 12.1 Å². The molecular weight excluding hydrogens is 257 g/mol. The van der Waals surface area contributed by atoms with E-state index in [0.717, 1.165) is 11.3 Å². The van der Waals surface area contributed by atoms with E-state index in [4.69, 9.17) is 5.73 Å². The molecule has 5 nitrogen and oxygen atoms in total. The van der Waals surface area contributed by atoms with Gasteiger partial charge in [0.05, 0.1) is 17.9 Å². The molecule has 1 aromatic carbocycles. The van der Waals surface area contributed by atoms with E-state index in [9.17, 15) is 4.39 Å². The van der Waals surface area contributed by atoms with Gasteiger partial charge < -0.3 is 5.73 Å². The average Bonchev–Trinajstić information content (AvgIpc) is 2.98. The van der Waals surface area contributed by atoms with Gasteiger partial charge in [0.2, 0.25) is 0 Å². The summed E-state index contributed by atoms with van der Waals surface area (Å²) in [6.07, 6.45) is 3.47. The van der Waals surface area contributed by atoms with Crippen LogP contribution in [0.3, 0.4) is 0 Å². The van der Waals surface area contributed by atoms with E-state index >= 15 is 0 Å². The number of aryl methyl sites for hydroxylation is 1. The largest absolute Gasteiger partial charge is 0.396 e. The number of nitrogens with zero attached hydrogens (tertiary/aromatic N) is 4. The van der Waals surface area contributed by atoms with Gasteiger partial charge in [-0.2, -0.15) is 10.2 Å². The second-order valence-electron chi connectivity index (χ2n) is 4.60. The fourth-order valence-corrected chi connectivity index (χ4v) is 2.10. The number of nitrogens with two attached hydrogens (primary N) is 1. The first-order chi connectivity index (χ1) is 9.63. The van der Waals surface area contributed by atoms with Crippen molar-refractivity contribution in [3.63, 3.8) is 0 Å². The van der Waals surface area contributed by atoms with E-state index in [2.05, 4.69) is 10.2 Å². The summed E-state index contributed by atoms with van der Waals surface area (Å²) in [5, 5.41) is 8.58. The lowest BCUT2D eigenvalue weighted by atomic mass is 10.2. The summed E-state index contributed by atoms with van der Waals surface area (Å²) in [6, 6.07) is 8.20. The van der Waals surface area contributed by atoms with Crippen LogP contribution in [0.2, 0.25) is 0 Å². The van der Waals surface area contributed by atoms with Crippen LogP contribution >= 0.6 is 0 Å². The molecule has 0 aliphatic carbocycles. The molecule has 0 bridgehead atoms. The molecule has 0 fully saturated rings. The highest BCUT2D eigenvalue weighted by Gasteiger charge is 2.12. The van der Waals surface area contributed by atoms with Crippen molar-refractivity contribution in [3.05, 3.63) is 54.1 Å². The van der Waals surface area contributed by atoms with Crippen LogP contribution in [0.1, 0.15) is 5.56 Å². The van der Waals surface area contributed by atoms with Crippen LogP contribution in [0.15, 0.2) is 42.7 Å². The molecule has 0 unspecified atom stereocenters. The van der Waals surface area contributed by atoms with Gasteiger partial charge in [0, 0.05) is 19.4 Å². The minimum atomic E-state index is -0.246.